The van der Waals surface area contributed by atoms with Crippen LogP contribution in [-0.2, 0) is 10.0 Å². The maximum absolute atomic E-state index is 12.6. The SMILES string of the molecule is CC(C)N(CCC(N)=NO)S(=O)(=O)c1cc(Cl)cc(Cl)c1. The molecule has 118 valence electrons. The highest BCUT2D eigenvalue weighted by molar-refractivity contribution is 7.89. The Balaban J connectivity index is 3.16. The summed E-state index contributed by atoms with van der Waals surface area (Å²) in [6.07, 6.45) is 0.113. The van der Waals surface area contributed by atoms with E-state index in [0.29, 0.717) is 0 Å². The molecule has 0 aromatic heterocycles. The molecular weight excluding hydrogens is 337 g/mol. The molecule has 0 spiro atoms. The zero-order valence-corrected chi connectivity index (χ0v) is 14.0. The highest BCUT2D eigenvalue weighted by Gasteiger charge is 2.27. The molecule has 0 unspecified atom stereocenters. The van der Waals surface area contributed by atoms with Crippen molar-refractivity contribution in [2.45, 2.75) is 31.2 Å². The van der Waals surface area contributed by atoms with E-state index in [1.807, 2.05) is 0 Å². The molecule has 0 aliphatic rings. The molecule has 0 aliphatic carbocycles. The van der Waals surface area contributed by atoms with E-state index >= 15 is 0 Å². The molecule has 0 aliphatic heterocycles. The summed E-state index contributed by atoms with van der Waals surface area (Å²) < 4.78 is 26.5. The number of nitrogens with zero attached hydrogens (tertiary/aromatic N) is 2. The molecule has 0 amide bonds. The lowest BCUT2D eigenvalue weighted by Crippen LogP contribution is -2.39. The van der Waals surface area contributed by atoms with E-state index < -0.39 is 10.0 Å². The van der Waals surface area contributed by atoms with Gasteiger partial charge in [-0.2, -0.15) is 4.31 Å². The van der Waals surface area contributed by atoms with E-state index in [-0.39, 0.29) is 39.8 Å². The van der Waals surface area contributed by atoms with Crippen molar-refractivity contribution in [1.82, 2.24) is 4.31 Å². The van der Waals surface area contributed by atoms with E-state index in [9.17, 15) is 8.42 Å². The van der Waals surface area contributed by atoms with Gasteiger partial charge in [-0.1, -0.05) is 28.4 Å². The molecule has 6 nitrogen and oxygen atoms in total. The Morgan fingerprint density at radius 1 is 1.33 bits per heavy atom. The Labute approximate surface area is 134 Å². The van der Waals surface area contributed by atoms with Crippen molar-refractivity contribution in [3.63, 3.8) is 0 Å². The van der Waals surface area contributed by atoms with E-state index in [4.69, 9.17) is 34.1 Å². The lowest BCUT2D eigenvalue weighted by atomic mass is 10.3. The van der Waals surface area contributed by atoms with Crippen LogP contribution in [0.5, 0.6) is 0 Å². The third kappa shape index (κ3) is 4.74. The summed E-state index contributed by atoms with van der Waals surface area (Å²) in [5.41, 5.74) is 5.39. The van der Waals surface area contributed by atoms with Gasteiger partial charge in [-0.05, 0) is 32.0 Å². The molecule has 21 heavy (non-hydrogen) atoms. The molecular formula is C12H17Cl2N3O3S. The maximum atomic E-state index is 12.6. The van der Waals surface area contributed by atoms with Crippen LogP contribution in [0.4, 0.5) is 0 Å². The molecule has 0 saturated carbocycles. The first-order valence-electron chi connectivity index (χ1n) is 6.13. The van der Waals surface area contributed by atoms with Gasteiger partial charge >= 0.3 is 0 Å². The van der Waals surface area contributed by atoms with E-state index in [1.54, 1.807) is 13.8 Å². The number of hydrogen-bond acceptors (Lipinski definition) is 4. The quantitative estimate of drug-likeness (QED) is 0.355. The van der Waals surface area contributed by atoms with Gasteiger partial charge in [0.05, 0.1) is 4.90 Å². The Morgan fingerprint density at radius 2 is 1.86 bits per heavy atom. The molecule has 9 heteroatoms. The lowest BCUT2D eigenvalue weighted by molar-refractivity contribution is 0.313. The van der Waals surface area contributed by atoms with Crippen molar-refractivity contribution in [2.24, 2.45) is 10.9 Å². The van der Waals surface area contributed by atoms with E-state index in [1.165, 1.54) is 22.5 Å². The van der Waals surface area contributed by atoms with Crippen LogP contribution >= 0.6 is 23.2 Å². The Bertz CT molecular complexity index is 612. The van der Waals surface area contributed by atoms with Gasteiger partial charge in [-0.15, -0.1) is 0 Å². The normalized spacial score (nSPS) is 13.1. The monoisotopic (exact) mass is 353 g/mol. The molecule has 0 fully saturated rings. The Morgan fingerprint density at radius 3 is 2.29 bits per heavy atom. The summed E-state index contributed by atoms with van der Waals surface area (Å²) in [5.74, 6) is -0.0417. The van der Waals surface area contributed by atoms with Gasteiger partial charge < -0.3 is 10.9 Å². The molecule has 0 heterocycles. The van der Waals surface area contributed by atoms with Crippen LogP contribution in [0.1, 0.15) is 20.3 Å². The Hall–Kier alpha value is -1.02. The zero-order chi connectivity index (χ0) is 16.2. The molecule has 0 atom stereocenters. The van der Waals surface area contributed by atoms with Crippen molar-refractivity contribution < 1.29 is 13.6 Å². The first-order chi connectivity index (χ1) is 9.68. The molecule has 0 saturated heterocycles. The van der Waals surface area contributed by atoms with Gasteiger partial charge in [0.25, 0.3) is 0 Å². The van der Waals surface area contributed by atoms with Gasteiger partial charge in [-0.25, -0.2) is 8.42 Å². The van der Waals surface area contributed by atoms with E-state index in [0.717, 1.165) is 0 Å². The van der Waals surface area contributed by atoms with Gasteiger partial charge in [0, 0.05) is 29.1 Å². The van der Waals surface area contributed by atoms with Crippen LogP contribution in [0.3, 0.4) is 0 Å². The predicted molar refractivity (Wildman–Crippen MR) is 83.5 cm³/mol. The van der Waals surface area contributed by atoms with Crippen LogP contribution in [0.25, 0.3) is 0 Å². The first kappa shape index (κ1) is 18.0. The van der Waals surface area contributed by atoms with Crippen molar-refractivity contribution in [2.75, 3.05) is 6.54 Å². The van der Waals surface area contributed by atoms with Crippen molar-refractivity contribution >= 4 is 39.1 Å². The highest BCUT2D eigenvalue weighted by atomic mass is 35.5. The third-order valence-corrected chi connectivity index (χ3v) is 5.22. The number of nitrogens with two attached hydrogens (primary N) is 1. The molecule has 1 aromatic carbocycles. The lowest BCUT2D eigenvalue weighted by Gasteiger charge is -2.25. The number of amidine groups is 1. The fourth-order valence-corrected chi connectivity index (χ4v) is 4.11. The summed E-state index contributed by atoms with van der Waals surface area (Å²) in [6.45, 7) is 3.55. The summed E-state index contributed by atoms with van der Waals surface area (Å²) in [7, 11) is -3.78. The van der Waals surface area contributed by atoms with Crippen LogP contribution in [0.15, 0.2) is 28.3 Å². The van der Waals surface area contributed by atoms with Gasteiger partial charge in [0.15, 0.2) is 0 Å². The summed E-state index contributed by atoms with van der Waals surface area (Å²) in [6, 6.07) is 3.82. The molecule has 1 aromatic rings. The predicted octanol–water partition coefficient (Wildman–Crippen LogP) is 2.53. The second-order valence-electron chi connectivity index (χ2n) is 4.66. The minimum atomic E-state index is -3.78. The second-order valence-corrected chi connectivity index (χ2v) is 7.42. The van der Waals surface area contributed by atoms with E-state index in [2.05, 4.69) is 5.16 Å². The smallest absolute Gasteiger partial charge is 0.243 e. The summed E-state index contributed by atoms with van der Waals surface area (Å²) in [5, 5.41) is 11.8. The molecule has 1 rings (SSSR count). The van der Waals surface area contributed by atoms with Crippen LogP contribution in [-0.4, -0.2) is 36.4 Å². The van der Waals surface area contributed by atoms with Crippen molar-refractivity contribution in [3.8, 4) is 0 Å². The second kappa shape index (κ2) is 7.31. The number of hydrogen-bond donors (Lipinski definition) is 2. The Kier molecular flexibility index (Phi) is 6.27. The van der Waals surface area contributed by atoms with Crippen molar-refractivity contribution in [1.29, 1.82) is 0 Å². The minimum Gasteiger partial charge on any atom is -0.409 e. The fraction of sp³-hybridized carbons (Fsp3) is 0.417. The standard InChI is InChI=1S/C12H17Cl2N3O3S/c1-8(2)17(4-3-12(15)16-18)21(19,20)11-6-9(13)5-10(14)7-11/h5-8,18H,3-4H2,1-2H3,(H2,15,16). The number of benzene rings is 1. The van der Waals surface area contributed by atoms with Crippen molar-refractivity contribution in [3.05, 3.63) is 28.2 Å². The van der Waals surface area contributed by atoms with Gasteiger partial charge in [0.2, 0.25) is 10.0 Å². The maximum Gasteiger partial charge on any atom is 0.243 e. The zero-order valence-electron chi connectivity index (χ0n) is 11.6. The first-order valence-corrected chi connectivity index (χ1v) is 8.32. The van der Waals surface area contributed by atoms with Gasteiger partial charge in [-0.3, -0.25) is 0 Å². The number of oxime groups is 1. The number of sulfonamides is 1. The summed E-state index contributed by atoms with van der Waals surface area (Å²) in [4.78, 5) is 0.00760. The minimum absolute atomic E-state index is 0.00760. The topological polar surface area (TPSA) is 96.0 Å². The van der Waals surface area contributed by atoms with Crippen LogP contribution in [0.2, 0.25) is 10.0 Å². The fourth-order valence-electron chi connectivity index (χ4n) is 1.74. The molecule has 0 radical (unpaired) electrons. The average Bonchev–Trinajstić information content (AvgIpc) is 2.36. The largest absolute Gasteiger partial charge is 0.409 e. The third-order valence-electron chi connectivity index (χ3n) is 2.74. The molecule has 3 N–H and O–H groups in total. The molecule has 0 bridgehead atoms. The summed E-state index contributed by atoms with van der Waals surface area (Å²) >= 11 is 11.7. The number of rotatable bonds is 6. The van der Waals surface area contributed by atoms with Crippen LogP contribution < -0.4 is 5.73 Å². The average molecular weight is 354 g/mol. The van der Waals surface area contributed by atoms with Crippen LogP contribution in [0, 0.1) is 0 Å². The van der Waals surface area contributed by atoms with Gasteiger partial charge in [0.1, 0.15) is 5.84 Å². The highest BCUT2D eigenvalue weighted by Crippen LogP contribution is 2.25. The number of halogens is 2.